The normalized spacial score (nSPS) is 23.0. The van der Waals surface area contributed by atoms with Crippen molar-refractivity contribution in [1.29, 1.82) is 0 Å². The first-order valence-corrected chi connectivity index (χ1v) is 12.7. The molecular formula is C25H34O3Si. The minimum absolute atomic E-state index is 0.0344. The highest BCUT2D eigenvalue weighted by Crippen LogP contribution is 2.41. The largest absolute Gasteiger partial charge is 0.481 e. The van der Waals surface area contributed by atoms with Gasteiger partial charge in [0, 0.05) is 12.5 Å². The van der Waals surface area contributed by atoms with Gasteiger partial charge in [-0.1, -0.05) is 88.4 Å². The summed E-state index contributed by atoms with van der Waals surface area (Å²) in [4.78, 5) is 11.2. The summed E-state index contributed by atoms with van der Waals surface area (Å²) < 4.78 is 7.27. The van der Waals surface area contributed by atoms with Gasteiger partial charge >= 0.3 is 5.97 Å². The first kappa shape index (κ1) is 21.8. The van der Waals surface area contributed by atoms with Gasteiger partial charge in [0.1, 0.15) is 0 Å². The molecular weight excluding hydrogens is 376 g/mol. The van der Waals surface area contributed by atoms with Gasteiger partial charge in [-0.15, -0.1) is 0 Å². The molecule has 0 amide bonds. The van der Waals surface area contributed by atoms with E-state index in [1.165, 1.54) is 10.4 Å². The lowest BCUT2D eigenvalue weighted by Crippen LogP contribution is -2.68. The van der Waals surface area contributed by atoms with Gasteiger partial charge < -0.3 is 9.53 Å². The molecule has 156 valence electrons. The monoisotopic (exact) mass is 410 g/mol. The highest BCUT2D eigenvalue weighted by molar-refractivity contribution is 6.99. The Balaban J connectivity index is 2.00. The molecule has 2 aromatic rings. The lowest BCUT2D eigenvalue weighted by atomic mass is 9.79. The van der Waals surface area contributed by atoms with Crippen LogP contribution in [0.2, 0.25) is 5.04 Å². The van der Waals surface area contributed by atoms with Crippen LogP contribution in [0.5, 0.6) is 0 Å². The van der Waals surface area contributed by atoms with Crippen LogP contribution in [-0.2, 0) is 9.22 Å². The first-order valence-electron chi connectivity index (χ1n) is 10.7. The topological polar surface area (TPSA) is 46.5 Å². The Morgan fingerprint density at radius 3 is 1.93 bits per heavy atom. The number of benzene rings is 2. The zero-order chi connectivity index (χ0) is 21.1. The van der Waals surface area contributed by atoms with Crippen LogP contribution in [0.4, 0.5) is 0 Å². The summed E-state index contributed by atoms with van der Waals surface area (Å²) in [6, 6.07) is 21.5. The Labute approximate surface area is 176 Å². The zero-order valence-corrected chi connectivity index (χ0v) is 19.1. The molecule has 2 aromatic carbocycles. The van der Waals surface area contributed by atoms with E-state index in [-0.39, 0.29) is 23.5 Å². The van der Waals surface area contributed by atoms with Gasteiger partial charge in [0.2, 0.25) is 0 Å². The maximum atomic E-state index is 11.2. The molecule has 3 atom stereocenters. The average molecular weight is 411 g/mol. The van der Waals surface area contributed by atoms with E-state index in [2.05, 4.69) is 88.4 Å². The fourth-order valence-electron chi connectivity index (χ4n) is 5.01. The van der Waals surface area contributed by atoms with Gasteiger partial charge in [0.25, 0.3) is 8.32 Å². The second-order valence-electron chi connectivity index (χ2n) is 9.57. The highest BCUT2D eigenvalue weighted by atomic mass is 28.4. The second-order valence-corrected chi connectivity index (χ2v) is 13.8. The molecule has 4 heteroatoms. The van der Waals surface area contributed by atoms with Crippen molar-refractivity contribution < 1.29 is 14.3 Å². The van der Waals surface area contributed by atoms with Crippen molar-refractivity contribution in [3.8, 4) is 0 Å². The molecule has 1 saturated carbocycles. The minimum Gasteiger partial charge on any atom is -0.481 e. The lowest BCUT2D eigenvalue weighted by Gasteiger charge is -2.47. The van der Waals surface area contributed by atoms with Crippen LogP contribution in [0.1, 0.15) is 53.4 Å². The molecule has 1 fully saturated rings. The molecule has 0 saturated heterocycles. The van der Waals surface area contributed by atoms with Crippen LogP contribution in [0.25, 0.3) is 0 Å². The number of hydrogen-bond acceptors (Lipinski definition) is 2. The smallest absolute Gasteiger partial charge is 0.303 e. The summed E-state index contributed by atoms with van der Waals surface area (Å²) in [5.74, 6) is -0.0650. The average Bonchev–Trinajstić information content (AvgIpc) is 2.67. The van der Waals surface area contributed by atoms with Crippen LogP contribution in [0.3, 0.4) is 0 Å². The van der Waals surface area contributed by atoms with Gasteiger partial charge in [-0.3, -0.25) is 4.79 Å². The molecule has 1 N–H and O–H groups in total. The van der Waals surface area contributed by atoms with E-state index >= 15 is 0 Å². The van der Waals surface area contributed by atoms with Crippen LogP contribution < -0.4 is 10.4 Å². The Kier molecular flexibility index (Phi) is 6.64. The standard InChI is InChI=1S/C25H34O3Si/c1-19-17-20(18-24(26)27)15-16-23(19)28-29(25(2,3)4,21-11-7-5-8-12-21)22-13-9-6-10-14-22/h5-14,19-20,23H,15-18H2,1-4H3,(H,26,27)/t19-,20+,23-/m1/s1. The molecule has 1 aliphatic rings. The van der Waals surface area contributed by atoms with Crippen molar-refractivity contribution >= 4 is 24.7 Å². The maximum Gasteiger partial charge on any atom is 0.303 e. The van der Waals surface area contributed by atoms with E-state index < -0.39 is 14.3 Å². The van der Waals surface area contributed by atoms with Crippen LogP contribution >= 0.6 is 0 Å². The minimum atomic E-state index is -2.55. The fraction of sp³-hybridized carbons (Fsp3) is 0.480. The molecule has 0 aliphatic heterocycles. The Morgan fingerprint density at radius 2 is 1.52 bits per heavy atom. The molecule has 0 aromatic heterocycles. The molecule has 0 spiro atoms. The first-order chi connectivity index (χ1) is 13.7. The third-order valence-electron chi connectivity index (χ3n) is 6.41. The maximum absolute atomic E-state index is 11.2. The van der Waals surface area contributed by atoms with E-state index in [9.17, 15) is 9.90 Å². The third kappa shape index (κ3) is 4.64. The van der Waals surface area contributed by atoms with E-state index in [0.29, 0.717) is 5.92 Å². The molecule has 3 rings (SSSR count). The van der Waals surface area contributed by atoms with Gasteiger partial charge in [0.15, 0.2) is 0 Å². The summed E-state index contributed by atoms with van der Waals surface area (Å²) in [6.45, 7) is 9.15. The van der Waals surface area contributed by atoms with Crippen molar-refractivity contribution in [1.82, 2.24) is 0 Å². The quantitative estimate of drug-likeness (QED) is 0.693. The number of carbonyl (C=O) groups is 1. The van der Waals surface area contributed by atoms with Gasteiger partial charge in [-0.2, -0.15) is 0 Å². The van der Waals surface area contributed by atoms with E-state index in [1.54, 1.807) is 0 Å². The highest BCUT2D eigenvalue weighted by Gasteiger charge is 2.52. The predicted octanol–water partition coefficient (Wildman–Crippen LogP) is 4.84. The Hall–Kier alpha value is -1.91. The van der Waals surface area contributed by atoms with Gasteiger partial charge in [-0.25, -0.2) is 0 Å². The molecule has 29 heavy (non-hydrogen) atoms. The van der Waals surface area contributed by atoms with E-state index in [0.717, 1.165) is 19.3 Å². The number of hydrogen-bond donors (Lipinski definition) is 1. The summed E-state index contributed by atoms with van der Waals surface area (Å²) in [5.41, 5.74) is 0. The van der Waals surface area contributed by atoms with Crippen molar-refractivity contribution in [2.75, 3.05) is 0 Å². The van der Waals surface area contributed by atoms with Crippen LogP contribution in [0.15, 0.2) is 60.7 Å². The fourth-order valence-corrected chi connectivity index (χ4v) is 9.82. The van der Waals surface area contributed by atoms with Gasteiger partial charge in [0.05, 0.1) is 0 Å². The SMILES string of the molecule is C[C@@H]1C[C@@H](CC(=O)O)CC[C@H]1O[Si](c1ccccc1)(c1ccccc1)C(C)(C)C. The second kappa shape index (κ2) is 8.84. The summed E-state index contributed by atoms with van der Waals surface area (Å²) >= 11 is 0. The van der Waals surface area contributed by atoms with Crippen LogP contribution in [-0.4, -0.2) is 25.5 Å². The molecule has 0 bridgehead atoms. The number of carboxylic acid groups (broad SMARTS) is 1. The predicted molar refractivity (Wildman–Crippen MR) is 121 cm³/mol. The molecule has 0 unspecified atom stereocenters. The zero-order valence-electron chi connectivity index (χ0n) is 18.1. The molecule has 0 radical (unpaired) electrons. The Morgan fingerprint density at radius 1 is 1.00 bits per heavy atom. The molecule has 3 nitrogen and oxygen atoms in total. The summed E-state index contributed by atoms with van der Waals surface area (Å²) in [5, 5.41) is 11.8. The number of carboxylic acids is 1. The van der Waals surface area contributed by atoms with Crippen molar-refractivity contribution in [3.05, 3.63) is 60.7 Å². The number of aliphatic carboxylic acids is 1. The summed E-state index contributed by atoms with van der Waals surface area (Å²) in [7, 11) is -2.55. The Bertz CT molecular complexity index is 758. The lowest BCUT2D eigenvalue weighted by molar-refractivity contribution is -0.138. The van der Waals surface area contributed by atoms with Crippen molar-refractivity contribution in [2.45, 2.75) is 64.5 Å². The molecule has 1 aliphatic carbocycles. The summed E-state index contributed by atoms with van der Waals surface area (Å²) in [6.07, 6.45) is 3.22. The third-order valence-corrected chi connectivity index (χ3v) is 11.5. The van der Waals surface area contributed by atoms with Crippen LogP contribution in [0, 0.1) is 11.8 Å². The van der Waals surface area contributed by atoms with E-state index in [1.807, 2.05) is 0 Å². The molecule has 0 heterocycles. The van der Waals surface area contributed by atoms with E-state index in [4.69, 9.17) is 4.43 Å². The number of rotatable bonds is 6. The van der Waals surface area contributed by atoms with Gasteiger partial charge in [-0.05, 0) is 46.5 Å². The van der Waals surface area contributed by atoms with Crippen molar-refractivity contribution in [2.24, 2.45) is 11.8 Å². The van der Waals surface area contributed by atoms with Crippen molar-refractivity contribution in [3.63, 3.8) is 0 Å².